The maximum absolute atomic E-state index is 10.5. The summed E-state index contributed by atoms with van der Waals surface area (Å²) in [5.74, 6) is 0.266. The summed E-state index contributed by atoms with van der Waals surface area (Å²) in [6.45, 7) is 0. The van der Waals surface area contributed by atoms with E-state index in [0.29, 0.717) is 11.6 Å². The van der Waals surface area contributed by atoms with Crippen LogP contribution in [0.1, 0.15) is 6.42 Å². The fourth-order valence-electron chi connectivity index (χ4n) is 1.16. The Labute approximate surface area is 79.0 Å². The predicted octanol–water partition coefficient (Wildman–Crippen LogP) is 1.36. The maximum atomic E-state index is 10.5. The topological polar surface area (TPSA) is 58.9 Å². The lowest BCUT2D eigenvalue weighted by Crippen LogP contribution is -2.07. The van der Waals surface area contributed by atoms with Gasteiger partial charge in [0.25, 0.3) is 0 Å². The van der Waals surface area contributed by atoms with Gasteiger partial charge in [0, 0.05) is 0 Å². The molecule has 0 saturated heterocycles. The Morgan fingerprint density at radius 3 is 3.38 bits per heavy atom. The molecule has 2 heterocycles. The Hall–Kier alpha value is -1.23. The van der Waals surface area contributed by atoms with Crippen LogP contribution in [0.5, 0.6) is 0 Å². The summed E-state index contributed by atoms with van der Waals surface area (Å²) < 4.78 is 5.12. The number of ether oxygens (including phenoxy) is 1. The lowest BCUT2D eigenvalue weighted by atomic mass is 10.2. The van der Waals surface area contributed by atoms with Gasteiger partial charge < -0.3 is 9.84 Å². The highest BCUT2D eigenvalue weighted by atomic mass is 32.2. The van der Waals surface area contributed by atoms with Gasteiger partial charge in [-0.2, -0.15) is 0 Å². The zero-order chi connectivity index (χ0) is 9.26. The number of rotatable bonds is 2. The van der Waals surface area contributed by atoms with Gasteiger partial charge in [0.05, 0.1) is 22.8 Å². The Morgan fingerprint density at radius 1 is 1.77 bits per heavy atom. The first-order chi connectivity index (χ1) is 6.27. The molecule has 2 rings (SSSR count). The second kappa shape index (κ2) is 3.26. The average molecular weight is 197 g/mol. The van der Waals surface area contributed by atoms with Crippen molar-refractivity contribution < 1.29 is 14.6 Å². The lowest BCUT2D eigenvalue weighted by molar-refractivity contribution is -0.136. The summed E-state index contributed by atoms with van der Waals surface area (Å²) >= 11 is 1.51. The monoisotopic (exact) mass is 197 g/mol. The minimum atomic E-state index is -0.885. The molecule has 2 aliphatic heterocycles. The van der Waals surface area contributed by atoms with E-state index in [1.807, 2.05) is 0 Å². The molecule has 5 heteroatoms. The molecule has 0 unspecified atom stereocenters. The number of hydrogen-bond acceptors (Lipinski definition) is 4. The number of aliphatic carboxylic acids is 1. The van der Waals surface area contributed by atoms with Crippen LogP contribution in [0.15, 0.2) is 28.0 Å². The summed E-state index contributed by atoms with van der Waals surface area (Å²) in [5, 5.41) is 8.60. The van der Waals surface area contributed by atoms with Gasteiger partial charge in [-0.15, -0.1) is 0 Å². The third kappa shape index (κ3) is 1.60. The zero-order valence-electron chi connectivity index (χ0n) is 6.69. The molecule has 13 heavy (non-hydrogen) atoms. The van der Waals surface area contributed by atoms with Crippen molar-refractivity contribution in [3.05, 3.63) is 23.0 Å². The number of allylic oxidation sites excluding steroid dienone is 2. The third-order valence-corrected chi connectivity index (χ3v) is 2.66. The number of thioether (sulfide) groups is 1. The molecule has 2 aliphatic rings. The van der Waals surface area contributed by atoms with Crippen molar-refractivity contribution in [3.8, 4) is 0 Å². The number of carboxylic acid groups (broad SMARTS) is 1. The van der Waals surface area contributed by atoms with Gasteiger partial charge in [0.15, 0.2) is 0 Å². The number of carbonyl (C=O) groups is 1. The van der Waals surface area contributed by atoms with Crippen molar-refractivity contribution in [2.24, 2.45) is 4.99 Å². The van der Waals surface area contributed by atoms with Gasteiger partial charge in [-0.25, -0.2) is 0 Å². The first-order valence-electron chi connectivity index (χ1n) is 3.73. The van der Waals surface area contributed by atoms with Crippen molar-refractivity contribution >= 4 is 23.4 Å². The summed E-state index contributed by atoms with van der Waals surface area (Å²) in [6, 6.07) is 0. The van der Waals surface area contributed by atoms with Gasteiger partial charge in [-0.05, 0) is 6.08 Å². The fraction of sp³-hybridized carbons (Fsp3) is 0.250. The Morgan fingerprint density at radius 2 is 2.62 bits per heavy atom. The van der Waals surface area contributed by atoms with E-state index in [-0.39, 0.29) is 6.42 Å². The van der Waals surface area contributed by atoms with Crippen LogP contribution >= 0.6 is 11.8 Å². The van der Waals surface area contributed by atoms with Gasteiger partial charge in [-0.3, -0.25) is 9.79 Å². The molecule has 0 atom stereocenters. The van der Waals surface area contributed by atoms with E-state index in [0.717, 1.165) is 10.6 Å². The average Bonchev–Trinajstić information content (AvgIpc) is 2.51. The highest BCUT2D eigenvalue weighted by molar-refractivity contribution is 8.04. The van der Waals surface area contributed by atoms with Crippen LogP contribution in [0.3, 0.4) is 0 Å². The van der Waals surface area contributed by atoms with E-state index in [2.05, 4.69) is 4.99 Å². The molecule has 0 amide bonds. The van der Waals surface area contributed by atoms with Crippen LogP contribution in [0, 0.1) is 0 Å². The van der Waals surface area contributed by atoms with Gasteiger partial charge >= 0.3 is 5.97 Å². The highest BCUT2D eigenvalue weighted by Crippen LogP contribution is 2.32. The predicted molar refractivity (Wildman–Crippen MR) is 49.4 cm³/mol. The summed E-state index contributed by atoms with van der Waals surface area (Å²) in [7, 11) is 0. The minimum absolute atomic E-state index is 0.0777. The van der Waals surface area contributed by atoms with E-state index in [1.165, 1.54) is 18.0 Å². The molecule has 0 aromatic carbocycles. The minimum Gasteiger partial charge on any atom is -0.481 e. The fourth-order valence-corrected chi connectivity index (χ4v) is 2.05. The Bertz CT molecular complexity index is 343. The smallest absolute Gasteiger partial charge is 0.311 e. The van der Waals surface area contributed by atoms with E-state index in [1.54, 1.807) is 6.08 Å². The van der Waals surface area contributed by atoms with Crippen LogP contribution in [-0.4, -0.2) is 22.7 Å². The standard InChI is InChI=1S/C8H7NO3S/c10-7(11)3-6-8-5(1-2-12-6)9-4-13-8/h1-2H,3-4H2,(H,10,11). The summed E-state index contributed by atoms with van der Waals surface area (Å²) in [4.78, 5) is 15.5. The first-order valence-corrected chi connectivity index (χ1v) is 4.71. The number of hydrogen-bond donors (Lipinski definition) is 1. The molecule has 0 radical (unpaired) electrons. The number of nitrogens with zero attached hydrogens (tertiary/aromatic N) is 1. The Kier molecular flexibility index (Phi) is 2.10. The zero-order valence-corrected chi connectivity index (χ0v) is 7.50. The van der Waals surface area contributed by atoms with E-state index >= 15 is 0 Å². The van der Waals surface area contributed by atoms with Crippen molar-refractivity contribution in [1.82, 2.24) is 0 Å². The van der Waals surface area contributed by atoms with Crippen LogP contribution in [0.25, 0.3) is 0 Å². The van der Waals surface area contributed by atoms with Crippen molar-refractivity contribution in [2.75, 3.05) is 5.88 Å². The van der Waals surface area contributed by atoms with E-state index in [9.17, 15) is 4.79 Å². The molecule has 0 fully saturated rings. The largest absolute Gasteiger partial charge is 0.481 e. The second-order valence-corrected chi connectivity index (χ2v) is 3.52. The van der Waals surface area contributed by atoms with Crippen LogP contribution in [0.4, 0.5) is 0 Å². The van der Waals surface area contributed by atoms with Gasteiger partial charge in [0.1, 0.15) is 12.2 Å². The van der Waals surface area contributed by atoms with Crippen molar-refractivity contribution in [3.63, 3.8) is 0 Å². The Balaban J connectivity index is 2.26. The number of fused-ring (bicyclic) bond motifs is 1. The second-order valence-electron chi connectivity index (χ2n) is 2.56. The van der Waals surface area contributed by atoms with Crippen molar-refractivity contribution in [1.29, 1.82) is 0 Å². The molecule has 0 aliphatic carbocycles. The summed E-state index contributed by atoms with van der Waals surface area (Å²) in [6.07, 6.45) is 3.15. The number of carboxylic acids is 1. The molecule has 0 bridgehead atoms. The molecule has 0 spiro atoms. The number of aliphatic imine (C=N–C) groups is 1. The van der Waals surface area contributed by atoms with Crippen LogP contribution < -0.4 is 0 Å². The maximum Gasteiger partial charge on any atom is 0.311 e. The first kappa shape index (κ1) is 8.37. The normalized spacial score (nSPS) is 19.5. The SMILES string of the molecule is O=C(O)CC1=C2SCN=C2C=CO1. The third-order valence-electron chi connectivity index (χ3n) is 1.68. The van der Waals surface area contributed by atoms with E-state index in [4.69, 9.17) is 9.84 Å². The molecule has 0 aromatic heterocycles. The quantitative estimate of drug-likeness (QED) is 0.726. The van der Waals surface area contributed by atoms with Crippen molar-refractivity contribution in [2.45, 2.75) is 6.42 Å². The molecule has 1 N–H and O–H groups in total. The molecular weight excluding hydrogens is 190 g/mol. The highest BCUT2D eigenvalue weighted by Gasteiger charge is 2.22. The van der Waals surface area contributed by atoms with Crippen LogP contribution in [-0.2, 0) is 9.53 Å². The molecule has 0 aromatic rings. The van der Waals surface area contributed by atoms with Crippen LogP contribution in [0.2, 0.25) is 0 Å². The summed E-state index contributed by atoms with van der Waals surface area (Å²) in [5.41, 5.74) is 0.840. The molecular formula is C8H7NO3S. The van der Waals surface area contributed by atoms with Gasteiger partial charge in [0.2, 0.25) is 0 Å². The lowest BCUT2D eigenvalue weighted by Gasteiger charge is -2.11. The molecule has 4 nitrogen and oxygen atoms in total. The molecule has 68 valence electrons. The molecule has 0 saturated carbocycles. The van der Waals surface area contributed by atoms with E-state index < -0.39 is 5.97 Å². The van der Waals surface area contributed by atoms with Gasteiger partial charge in [-0.1, -0.05) is 11.8 Å².